The molecule has 0 N–H and O–H groups in total. The summed E-state index contributed by atoms with van der Waals surface area (Å²) >= 11 is 0. The zero-order chi connectivity index (χ0) is 26.2. The highest BCUT2D eigenvalue weighted by Crippen LogP contribution is 2.32. The molecule has 37 heavy (non-hydrogen) atoms. The molecular weight excluding hydrogens is 473 g/mol. The van der Waals surface area contributed by atoms with Crippen LogP contribution in [-0.4, -0.2) is 19.5 Å². The van der Waals surface area contributed by atoms with Gasteiger partial charge in [-0.05, 0) is 47.6 Å². The lowest BCUT2D eigenvalue weighted by Crippen LogP contribution is -2.30. The second-order valence-electron chi connectivity index (χ2n) is 9.96. The van der Waals surface area contributed by atoms with Crippen LogP contribution in [0.15, 0.2) is 54.6 Å². The Balaban J connectivity index is 1.43. The van der Waals surface area contributed by atoms with E-state index < -0.39 is 11.6 Å². The van der Waals surface area contributed by atoms with Gasteiger partial charge in [0, 0.05) is 17.0 Å². The molecule has 0 amide bonds. The van der Waals surface area contributed by atoms with Crippen LogP contribution >= 0.6 is 0 Å². The lowest BCUT2D eigenvalue weighted by Gasteiger charge is -2.29. The maximum absolute atomic E-state index is 15.1. The van der Waals surface area contributed by atoms with E-state index >= 15 is 4.39 Å². The van der Waals surface area contributed by atoms with Gasteiger partial charge in [0.2, 0.25) is 0 Å². The Morgan fingerprint density at radius 1 is 0.703 bits per heavy atom. The van der Waals surface area contributed by atoms with Gasteiger partial charge in [0.15, 0.2) is 17.9 Å². The van der Waals surface area contributed by atoms with Crippen LogP contribution in [0.4, 0.5) is 13.2 Å². The van der Waals surface area contributed by atoms with Crippen LogP contribution in [0, 0.1) is 17.5 Å². The maximum atomic E-state index is 15.1. The molecule has 0 aliphatic carbocycles. The zero-order valence-electron chi connectivity index (χ0n) is 21.9. The number of benzene rings is 3. The molecule has 0 saturated carbocycles. The average molecular weight is 511 g/mol. The monoisotopic (exact) mass is 510 g/mol. The van der Waals surface area contributed by atoms with Crippen molar-refractivity contribution in [3.63, 3.8) is 0 Å². The third-order valence-electron chi connectivity index (χ3n) is 7.17. The SMILES string of the molecule is CCCCCCCc1ccc(-c2ccc(-c3ccc(C4COC(CCC)OC4)cc3F)cc2)c(F)c1F. The molecule has 2 nitrogen and oxygen atoms in total. The summed E-state index contributed by atoms with van der Waals surface area (Å²) in [5, 5.41) is 0. The number of halogens is 3. The molecule has 1 saturated heterocycles. The fourth-order valence-electron chi connectivity index (χ4n) is 4.91. The molecule has 0 radical (unpaired) electrons. The fraction of sp³-hybridized carbons (Fsp3) is 0.438. The third-order valence-corrected chi connectivity index (χ3v) is 7.17. The summed E-state index contributed by atoms with van der Waals surface area (Å²) in [7, 11) is 0. The fourth-order valence-corrected chi connectivity index (χ4v) is 4.91. The predicted molar refractivity (Wildman–Crippen MR) is 143 cm³/mol. The number of rotatable bonds is 11. The molecular formula is C32H37F3O2. The van der Waals surface area contributed by atoms with Crippen LogP contribution in [-0.2, 0) is 15.9 Å². The molecule has 198 valence electrons. The minimum absolute atomic E-state index is 0.00350. The molecule has 1 fully saturated rings. The Morgan fingerprint density at radius 3 is 2.00 bits per heavy atom. The Hall–Kier alpha value is -2.63. The van der Waals surface area contributed by atoms with E-state index in [0.29, 0.717) is 41.9 Å². The average Bonchev–Trinajstić information content (AvgIpc) is 2.92. The van der Waals surface area contributed by atoms with Crippen molar-refractivity contribution in [2.45, 2.75) is 77.4 Å². The lowest BCUT2D eigenvalue weighted by molar-refractivity contribution is -0.189. The molecule has 1 aliphatic rings. The van der Waals surface area contributed by atoms with Crippen molar-refractivity contribution < 1.29 is 22.6 Å². The first-order valence-corrected chi connectivity index (χ1v) is 13.6. The molecule has 1 aliphatic heterocycles. The Morgan fingerprint density at radius 2 is 1.35 bits per heavy atom. The number of unbranched alkanes of at least 4 members (excludes halogenated alkanes) is 4. The highest BCUT2D eigenvalue weighted by atomic mass is 19.2. The van der Waals surface area contributed by atoms with Gasteiger partial charge >= 0.3 is 0 Å². The minimum atomic E-state index is -0.826. The van der Waals surface area contributed by atoms with E-state index in [-0.39, 0.29) is 23.6 Å². The van der Waals surface area contributed by atoms with E-state index in [2.05, 4.69) is 13.8 Å². The van der Waals surface area contributed by atoms with E-state index in [0.717, 1.165) is 44.1 Å². The van der Waals surface area contributed by atoms with Crippen LogP contribution < -0.4 is 0 Å². The zero-order valence-corrected chi connectivity index (χ0v) is 21.9. The van der Waals surface area contributed by atoms with Crippen molar-refractivity contribution in [2.75, 3.05) is 13.2 Å². The lowest BCUT2D eigenvalue weighted by atomic mass is 9.94. The first-order chi connectivity index (χ1) is 18.0. The normalized spacial score (nSPS) is 17.8. The van der Waals surface area contributed by atoms with Crippen LogP contribution in [0.25, 0.3) is 22.3 Å². The van der Waals surface area contributed by atoms with Gasteiger partial charge in [0.05, 0.1) is 13.2 Å². The van der Waals surface area contributed by atoms with Gasteiger partial charge in [-0.3, -0.25) is 0 Å². The highest BCUT2D eigenvalue weighted by molar-refractivity contribution is 5.71. The van der Waals surface area contributed by atoms with Crippen molar-refractivity contribution in [1.82, 2.24) is 0 Å². The van der Waals surface area contributed by atoms with Crippen LogP contribution in [0.5, 0.6) is 0 Å². The summed E-state index contributed by atoms with van der Waals surface area (Å²) < 4.78 is 56.2. The topological polar surface area (TPSA) is 18.5 Å². The van der Waals surface area contributed by atoms with Gasteiger partial charge in [-0.2, -0.15) is 0 Å². The second kappa shape index (κ2) is 13.3. The number of ether oxygens (including phenoxy) is 2. The second-order valence-corrected chi connectivity index (χ2v) is 9.96. The Labute approximate surface area is 218 Å². The van der Waals surface area contributed by atoms with E-state index in [1.807, 2.05) is 6.07 Å². The van der Waals surface area contributed by atoms with Crippen LogP contribution in [0.3, 0.4) is 0 Å². The number of hydrogen-bond donors (Lipinski definition) is 0. The van der Waals surface area contributed by atoms with Crippen molar-refractivity contribution in [2.24, 2.45) is 0 Å². The molecule has 0 atom stereocenters. The van der Waals surface area contributed by atoms with Crippen LogP contribution in [0.1, 0.15) is 75.8 Å². The minimum Gasteiger partial charge on any atom is -0.352 e. The van der Waals surface area contributed by atoms with E-state index in [4.69, 9.17) is 9.47 Å². The molecule has 5 heteroatoms. The van der Waals surface area contributed by atoms with E-state index in [9.17, 15) is 8.78 Å². The summed E-state index contributed by atoms with van der Waals surface area (Å²) in [6, 6.07) is 15.4. The number of hydrogen-bond acceptors (Lipinski definition) is 2. The molecule has 0 aromatic heterocycles. The van der Waals surface area contributed by atoms with Gasteiger partial charge in [-0.25, -0.2) is 13.2 Å². The first-order valence-electron chi connectivity index (χ1n) is 13.6. The van der Waals surface area contributed by atoms with Crippen molar-refractivity contribution in [3.8, 4) is 22.3 Å². The van der Waals surface area contributed by atoms with E-state index in [1.54, 1.807) is 42.5 Å². The molecule has 0 unspecified atom stereocenters. The third kappa shape index (κ3) is 6.82. The van der Waals surface area contributed by atoms with E-state index in [1.165, 1.54) is 12.5 Å². The molecule has 0 bridgehead atoms. The molecule has 4 rings (SSSR count). The molecule has 1 heterocycles. The van der Waals surface area contributed by atoms with Gasteiger partial charge in [-0.15, -0.1) is 0 Å². The molecule has 3 aromatic carbocycles. The van der Waals surface area contributed by atoms with Gasteiger partial charge < -0.3 is 9.47 Å². The Bertz CT molecular complexity index is 1150. The predicted octanol–water partition coefficient (Wildman–Crippen LogP) is 9.21. The summed E-state index contributed by atoms with van der Waals surface area (Å²) in [4.78, 5) is 0. The summed E-state index contributed by atoms with van der Waals surface area (Å²) in [6.07, 6.45) is 7.54. The Kier molecular flexibility index (Phi) is 9.81. The molecule has 3 aromatic rings. The van der Waals surface area contributed by atoms with Gasteiger partial charge in [-0.1, -0.05) is 94.5 Å². The van der Waals surface area contributed by atoms with Crippen molar-refractivity contribution >= 4 is 0 Å². The standard InChI is InChI=1S/C32H37F3O2/c1-3-5-6-7-8-10-24-15-18-28(32(35)31(24)34)23-13-11-22(12-14-23)27-17-16-25(19-29(27)33)26-20-36-30(9-4-2)37-21-26/h11-19,26,30H,3-10,20-21H2,1-2H3. The van der Waals surface area contributed by atoms with Crippen LogP contribution in [0.2, 0.25) is 0 Å². The highest BCUT2D eigenvalue weighted by Gasteiger charge is 2.24. The largest absolute Gasteiger partial charge is 0.352 e. The van der Waals surface area contributed by atoms with Crippen molar-refractivity contribution in [3.05, 3.63) is 83.2 Å². The number of aryl methyl sites for hydroxylation is 1. The van der Waals surface area contributed by atoms with Gasteiger partial charge in [0.1, 0.15) is 5.82 Å². The smallest absolute Gasteiger partial charge is 0.166 e. The molecule has 0 spiro atoms. The summed E-state index contributed by atoms with van der Waals surface area (Å²) in [5.41, 5.74) is 3.18. The summed E-state index contributed by atoms with van der Waals surface area (Å²) in [5.74, 6) is -1.93. The summed E-state index contributed by atoms with van der Waals surface area (Å²) in [6.45, 7) is 5.26. The van der Waals surface area contributed by atoms with Crippen molar-refractivity contribution in [1.29, 1.82) is 0 Å². The van der Waals surface area contributed by atoms with Gasteiger partial charge in [0.25, 0.3) is 0 Å². The maximum Gasteiger partial charge on any atom is 0.166 e. The quantitative estimate of drug-likeness (QED) is 0.239. The first kappa shape index (κ1) is 27.4.